The van der Waals surface area contributed by atoms with Gasteiger partial charge in [0.15, 0.2) is 0 Å². The largest absolute Gasteiger partial charge is 0 e. The molecule has 6 nitrogen and oxygen atoms in total. The van der Waals surface area contributed by atoms with Crippen LogP contribution in [0.15, 0.2) is 0 Å². The zero-order valence-electron chi connectivity index (χ0n) is 3.44. The fourth-order valence-corrected chi connectivity index (χ4v) is 0. The molecule has 0 amide bonds. The van der Waals surface area contributed by atoms with Crippen molar-refractivity contribution in [2.24, 2.45) is 0 Å². The number of hydrogen-bond acceptors (Lipinski definition) is 2. The molecule has 0 saturated carbocycles. The van der Waals surface area contributed by atoms with Gasteiger partial charge < -0.3 is 11.0 Å². The smallest absolute Gasteiger partial charge is 0 e. The summed E-state index contributed by atoms with van der Waals surface area (Å²) in [4.78, 5) is 0. The number of rotatable bonds is 0. The summed E-state index contributed by atoms with van der Waals surface area (Å²) in [5.41, 5.74) is 0. The Labute approximate surface area is 106 Å². The van der Waals surface area contributed by atoms with E-state index in [1.807, 2.05) is 0 Å². The molecule has 0 atom stereocenters. The molecule has 0 unspecified atom stereocenters. The maximum Gasteiger partial charge on any atom is 0 e. The van der Waals surface area contributed by atoms with Gasteiger partial charge in [0, 0.05) is 16.5 Å². The van der Waals surface area contributed by atoms with Crippen LogP contribution in [0.1, 0.15) is 0 Å². The zero-order chi connectivity index (χ0) is 4.50. The minimum Gasteiger partial charge on any atom is 0 e. The summed E-state index contributed by atoms with van der Waals surface area (Å²) in [7, 11) is 0. The second-order valence-corrected chi connectivity index (χ2v) is 2.33. The van der Waals surface area contributed by atoms with E-state index >= 15 is 0 Å². The van der Waals surface area contributed by atoms with Gasteiger partial charge in [0.2, 0.25) is 0 Å². The van der Waals surface area contributed by atoms with Crippen molar-refractivity contribution in [1.82, 2.24) is 0 Å². The quantitative estimate of drug-likeness (QED) is 0.436. The summed E-state index contributed by atoms with van der Waals surface area (Å²) in [5.74, 6) is 0. The van der Waals surface area contributed by atoms with Gasteiger partial charge in [0.1, 0.15) is 0 Å². The molecule has 0 aliphatic rings. The first-order valence-corrected chi connectivity index (χ1v) is 3.63. The predicted molar refractivity (Wildman–Crippen MR) is 25.9 cm³/mol. The fourth-order valence-electron chi connectivity index (χ4n) is 0. The zero-order valence-corrected chi connectivity index (χ0v) is 6.14. The van der Waals surface area contributed by atoms with E-state index in [1.165, 1.54) is 0 Å². The minimum absolute atomic E-state index is 0. The van der Waals surface area contributed by atoms with Crippen LogP contribution < -0.4 is 0 Å². The maximum absolute atomic E-state index is 8.82. The molecule has 0 aromatic carbocycles. The molecule has 9 heavy (non-hydrogen) atoms. The second kappa shape index (κ2) is 12.7. The van der Waals surface area contributed by atoms with Crippen LogP contribution in [-0.2, 0) is 24.2 Å². The molecule has 9 heteroatoms. The SMILES string of the molecule is O.O.O=[Se](=O)(O)O.[KH].[Ni]. The molecular formula is H7KNiO6Se. The van der Waals surface area contributed by atoms with Crippen LogP contribution in [0.3, 0.4) is 0 Å². The normalized spacial score (nSPS) is 6.44. The molecule has 0 bridgehead atoms. The van der Waals surface area contributed by atoms with Gasteiger partial charge in [-0.2, -0.15) is 0 Å². The van der Waals surface area contributed by atoms with E-state index in [4.69, 9.17) is 16.0 Å². The first-order valence-electron chi connectivity index (χ1n) is 0.698. The first kappa shape index (κ1) is 30.4. The van der Waals surface area contributed by atoms with Crippen LogP contribution in [0.25, 0.3) is 0 Å². The monoisotopic (exact) mass is 280 g/mol. The van der Waals surface area contributed by atoms with Crippen molar-refractivity contribution >= 4 is 64.8 Å². The summed E-state index contributed by atoms with van der Waals surface area (Å²) in [6.45, 7) is 0. The van der Waals surface area contributed by atoms with E-state index in [0.29, 0.717) is 0 Å². The van der Waals surface area contributed by atoms with Gasteiger partial charge >= 0.3 is 80.8 Å². The van der Waals surface area contributed by atoms with Crippen molar-refractivity contribution in [3.63, 3.8) is 0 Å². The van der Waals surface area contributed by atoms with Crippen molar-refractivity contribution in [3.05, 3.63) is 0 Å². The van der Waals surface area contributed by atoms with Gasteiger partial charge in [-0.25, -0.2) is 0 Å². The Morgan fingerprint density at radius 1 is 1.00 bits per heavy atom. The molecule has 0 heterocycles. The van der Waals surface area contributed by atoms with Crippen molar-refractivity contribution in [2.75, 3.05) is 0 Å². The number of hydrogen-bond donors (Lipinski definition) is 2. The third-order valence-corrected chi connectivity index (χ3v) is 0. The van der Waals surface area contributed by atoms with Crippen molar-refractivity contribution < 1.29 is 43.5 Å². The second-order valence-electron chi connectivity index (χ2n) is 0.448. The molecule has 60 valence electrons. The van der Waals surface area contributed by atoms with Crippen molar-refractivity contribution in [1.29, 1.82) is 0 Å². The molecule has 0 aliphatic carbocycles. The van der Waals surface area contributed by atoms with Crippen molar-refractivity contribution in [3.8, 4) is 0 Å². The fraction of sp³-hybridized carbons (Fsp3) is 0. The van der Waals surface area contributed by atoms with Crippen LogP contribution in [0, 0.1) is 0 Å². The Kier molecular flexibility index (Phi) is 43.1. The van der Waals surface area contributed by atoms with Crippen LogP contribution in [0.2, 0.25) is 0 Å². The Bertz CT molecular complexity index is 96.2. The molecule has 0 fully saturated rings. The van der Waals surface area contributed by atoms with E-state index in [0.717, 1.165) is 0 Å². The van der Waals surface area contributed by atoms with Gasteiger partial charge in [-0.1, -0.05) is 0 Å². The Morgan fingerprint density at radius 3 is 1.00 bits per heavy atom. The molecule has 6 N–H and O–H groups in total. The summed E-state index contributed by atoms with van der Waals surface area (Å²) >= 11 is -5.25. The Balaban J connectivity index is -0.0000000133. The van der Waals surface area contributed by atoms with Crippen LogP contribution >= 0.6 is 0 Å². The molecule has 0 radical (unpaired) electrons. The van der Waals surface area contributed by atoms with Gasteiger partial charge in [0.25, 0.3) is 0 Å². The first-order chi connectivity index (χ1) is 2.00. The van der Waals surface area contributed by atoms with Gasteiger partial charge in [0.05, 0.1) is 0 Å². The van der Waals surface area contributed by atoms with E-state index in [1.54, 1.807) is 0 Å². The third-order valence-electron chi connectivity index (χ3n) is 0. The molecule has 0 spiro atoms. The topological polar surface area (TPSA) is 138 Å². The van der Waals surface area contributed by atoms with Gasteiger partial charge in [-0.15, -0.1) is 0 Å². The average Bonchev–Trinajstić information content (AvgIpc) is 0.722. The van der Waals surface area contributed by atoms with E-state index < -0.39 is 13.4 Å². The summed E-state index contributed by atoms with van der Waals surface area (Å²) in [6, 6.07) is 0. The maximum atomic E-state index is 8.82. The summed E-state index contributed by atoms with van der Waals surface area (Å²) in [6.07, 6.45) is 0. The summed E-state index contributed by atoms with van der Waals surface area (Å²) in [5, 5.41) is 0. The molecule has 0 aromatic rings. The standard InChI is InChI=1S/K.Ni.H2O4Se.2H2O.H/c;;1-5(2,3)4;;;/h;;(H2,1,2,3,4);2*1H2;. The van der Waals surface area contributed by atoms with Crippen LogP contribution in [-0.4, -0.2) is 84.1 Å². The molecule has 0 aromatic heterocycles. The Hall–Kier alpha value is 2.09. The van der Waals surface area contributed by atoms with Gasteiger partial charge in [-0.05, 0) is 0 Å². The van der Waals surface area contributed by atoms with E-state index in [-0.39, 0.29) is 78.8 Å². The Morgan fingerprint density at radius 2 is 1.00 bits per heavy atom. The molecular weight excluding hydrogens is 273 g/mol. The van der Waals surface area contributed by atoms with Crippen LogP contribution in [0.5, 0.6) is 0 Å². The van der Waals surface area contributed by atoms with Gasteiger partial charge in [-0.3, -0.25) is 0 Å². The third kappa shape index (κ3) is 151. The van der Waals surface area contributed by atoms with E-state index in [2.05, 4.69) is 0 Å². The molecule has 0 rings (SSSR count). The minimum atomic E-state index is -5.25. The van der Waals surface area contributed by atoms with E-state index in [9.17, 15) is 0 Å². The molecule has 0 saturated heterocycles. The molecule has 0 aliphatic heterocycles. The van der Waals surface area contributed by atoms with Crippen molar-refractivity contribution in [2.45, 2.75) is 0 Å². The predicted octanol–water partition coefficient (Wildman–Crippen LogP) is -4.03. The average molecular weight is 280 g/mol. The van der Waals surface area contributed by atoms with Crippen LogP contribution in [0.4, 0.5) is 0 Å². The summed E-state index contributed by atoms with van der Waals surface area (Å²) < 4.78 is 31.9.